The van der Waals surface area contributed by atoms with Crippen LogP contribution in [0.15, 0.2) is 54.6 Å². The van der Waals surface area contributed by atoms with E-state index in [1.807, 2.05) is 30.3 Å². The lowest BCUT2D eigenvalue weighted by Gasteiger charge is -2.18. The highest BCUT2D eigenvalue weighted by Crippen LogP contribution is 2.15. The molecule has 2 rings (SSSR count). The molecule has 0 aromatic heterocycles. The van der Waals surface area contributed by atoms with Crippen LogP contribution >= 0.6 is 12.4 Å². The first kappa shape index (κ1) is 22.1. The molecule has 8 heteroatoms. The Morgan fingerprint density at radius 3 is 2.19 bits per heavy atom. The van der Waals surface area contributed by atoms with Gasteiger partial charge in [0.2, 0.25) is 5.91 Å². The molecule has 2 atom stereocenters. The van der Waals surface area contributed by atoms with Gasteiger partial charge in [-0.2, -0.15) is 0 Å². The number of hydrogen-bond donors (Lipinski definition) is 4. The fraction of sp³-hybridized carbons (Fsp3) is 0.278. The fourth-order valence-electron chi connectivity index (χ4n) is 2.53. The zero-order chi connectivity index (χ0) is 18.2. The summed E-state index contributed by atoms with van der Waals surface area (Å²) in [6.45, 7) is 0.0658. The Morgan fingerprint density at radius 1 is 1.04 bits per heavy atom. The summed E-state index contributed by atoms with van der Waals surface area (Å²) in [5.41, 5.74) is 7.61. The van der Waals surface area contributed by atoms with Gasteiger partial charge in [-0.1, -0.05) is 42.5 Å². The topological polar surface area (TPSA) is 95.6 Å². The first-order valence-corrected chi connectivity index (χ1v) is 8.13. The third-order valence-electron chi connectivity index (χ3n) is 4.01. The molecule has 0 saturated heterocycles. The lowest BCUT2D eigenvalue weighted by atomic mass is 9.69. The maximum atomic E-state index is 12.9. The smallest absolute Gasteiger partial charge is 0.427 e. The van der Waals surface area contributed by atoms with E-state index in [-0.39, 0.29) is 30.7 Å². The third kappa shape index (κ3) is 7.13. The van der Waals surface area contributed by atoms with Crippen molar-refractivity contribution in [3.05, 3.63) is 71.5 Å². The van der Waals surface area contributed by atoms with Crippen molar-refractivity contribution in [3.63, 3.8) is 0 Å². The van der Waals surface area contributed by atoms with Crippen molar-refractivity contribution >= 4 is 25.4 Å². The van der Waals surface area contributed by atoms with Gasteiger partial charge in [-0.05, 0) is 36.1 Å². The van der Waals surface area contributed by atoms with E-state index in [1.54, 1.807) is 12.1 Å². The van der Waals surface area contributed by atoms with Gasteiger partial charge < -0.3 is 21.1 Å². The van der Waals surface area contributed by atoms with E-state index in [9.17, 15) is 19.2 Å². The van der Waals surface area contributed by atoms with Crippen LogP contribution < -0.4 is 11.1 Å². The molecule has 0 aliphatic rings. The van der Waals surface area contributed by atoms with Gasteiger partial charge in [0.05, 0.1) is 6.04 Å². The number of rotatable bonds is 8. The van der Waals surface area contributed by atoms with E-state index >= 15 is 0 Å². The number of halogens is 2. The number of benzene rings is 2. The van der Waals surface area contributed by atoms with Gasteiger partial charge >= 0.3 is 7.12 Å². The monoisotopic (exact) mass is 380 g/mol. The molecule has 0 aliphatic carbocycles. The van der Waals surface area contributed by atoms with E-state index < -0.39 is 19.0 Å². The van der Waals surface area contributed by atoms with Crippen molar-refractivity contribution < 1.29 is 19.2 Å². The number of nitrogens with one attached hydrogen (secondary N) is 1. The number of hydrogen-bond acceptors (Lipinski definition) is 4. The predicted molar refractivity (Wildman–Crippen MR) is 102 cm³/mol. The normalized spacial score (nSPS) is 12.6. The van der Waals surface area contributed by atoms with Crippen LogP contribution in [0.2, 0.25) is 5.82 Å². The highest BCUT2D eigenvalue weighted by Gasteiger charge is 2.25. The second kappa shape index (κ2) is 10.9. The molecule has 0 unspecified atom stereocenters. The summed E-state index contributed by atoms with van der Waals surface area (Å²) in [5.74, 6) is -1.32. The Morgan fingerprint density at radius 2 is 1.62 bits per heavy atom. The average molecular weight is 381 g/mol. The summed E-state index contributed by atoms with van der Waals surface area (Å²) in [4.78, 5) is 12.1. The molecule has 1 amide bonds. The molecule has 0 fully saturated rings. The Kier molecular flexibility index (Phi) is 9.30. The molecule has 0 spiro atoms. The van der Waals surface area contributed by atoms with E-state index in [0.717, 1.165) is 11.1 Å². The van der Waals surface area contributed by atoms with Crippen molar-refractivity contribution in [1.82, 2.24) is 5.32 Å². The molecule has 0 saturated carbocycles. The standard InChI is InChI=1S/C18H22BFN2O3.ClH/c20-16-8-6-14(7-9-16)10-15(19(24)25)12-22-18(23)17(21)11-13-4-2-1-3-5-13;/h1-9,15,17,24-25H,10-12,21H2,(H,22,23);1H/t15-,17+;/m1./s1. The van der Waals surface area contributed by atoms with Gasteiger partial charge in [-0.3, -0.25) is 4.79 Å². The van der Waals surface area contributed by atoms with E-state index in [0.29, 0.717) is 12.8 Å². The molecule has 26 heavy (non-hydrogen) atoms. The van der Waals surface area contributed by atoms with Crippen LogP contribution in [0.25, 0.3) is 0 Å². The third-order valence-corrected chi connectivity index (χ3v) is 4.01. The van der Waals surface area contributed by atoms with Crippen LogP contribution in [0.3, 0.4) is 0 Å². The minimum atomic E-state index is -1.60. The van der Waals surface area contributed by atoms with Crippen LogP contribution in [-0.2, 0) is 17.6 Å². The maximum Gasteiger partial charge on any atom is 0.456 e. The Balaban J connectivity index is 0.00000338. The second-order valence-corrected chi connectivity index (χ2v) is 6.05. The summed E-state index contributed by atoms with van der Waals surface area (Å²) in [6, 6.07) is 14.5. The molecule has 0 aliphatic heterocycles. The lowest BCUT2D eigenvalue weighted by molar-refractivity contribution is -0.122. The Hall–Kier alpha value is -1.93. The zero-order valence-corrected chi connectivity index (χ0v) is 15.0. The summed E-state index contributed by atoms with van der Waals surface area (Å²) in [6.07, 6.45) is 0.698. The van der Waals surface area contributed by atoms with Gasteiger partial charge in [0.1, 0.15) is 5.82 Å². The van der Waals surface area contributed by atoms with Crippen LogP contribution in [0.4, 0.5) is 4.39 Å². The molecular formula is C18H23BClFN2O3. The minimum absolute atomic E-state index is 0. The first-order chi connectivity index (χ1) is 12.0. The molecule has 2 aromatic rings. The van der Waals surface area contributed by atoms with Gasteiger partial charge in [-0.25, -0.2) is 4.39 Å². The largest absolute Gasteiger partial charge is 0.456 e. The van der Waals surface area contributed by atoms with Crippen LogP contribution in [0.5, 0.6) is 0 Å². The number of amides is 1. The summed E-state index contributed by atoms with van der Waals surface area (Å²) < 4.78 is 12.9. The molecule has 2 aromatic carbocycles. The van der Waals surface area contributed by atoms with Crippen molar-refractivity contribution in [3.8, 4) is 0 Å². The van der Waals surface area contributed by atoms with Gasteiger partial charge in [0.15, 0.2) is 0 Å². The molecule has 140 valence electrons. The van der Waals surface area contributed by atoms with Crippen molar-refractivity contribution in [2.75, 3.05) is 6.54 Å². The molecular weight excluding hydrogens is 357 g/mol. The molecule has 5 N–H and O–H groups in total. The minimum Gasteiger partial charge on any atom is -0.427 e. The predicted octanol–water partition coefficient (Wildman–Crippen LogP) is 1.32. The second-order valence-electron chi connectivity index (χ2n) is 6.05. The number of carbonyl (C=O) groups excluding carboxylic acids is 1. The van der Waals surface area contributed by atoms with Gasteiger partial charge in [0.25, 0.3) is 0 Å². The zero-order valence-electron chi connectivity index (χ0n) is 14.2. The molecule has 5 nitrogen and oxygen atoms in total. The first-order valence-electron chi connectivity index (χ1n) is 8.13. The Labute approximate surface area is 159 Å². The molecule has 0 heterocycles. The lowest BCUT2D eigenvalue weighted by Crippen LogP contribution is -2.44. The van der Waals surface area contributed by atoms with E-state index in [2.05, 4.69) is 5.32 Å². The fourth-order valence-corrected chi connectivity index (χ4v) is 2.53. The summed E-state index contributed by atoms with van der Waals surface area (Å²) in [5, 5.41) is 21.7. The highest BCUT2D eigenvalue weighted by atomic mass is 35.5. The van der Waals surface area contributed by atoms with Gasteiger partial charge in [0, 0.05) is 12.4 Å². The van der Waals surface area contributed by atoms with Crippen LogP contribution in [0.1, 0.15) is 11.1 Å². The quantitative estimate of drug-likeness (QED) is 0.519. The maximum absolute atomic E-state index is 12.9. The molecule has 0 radical (unpaired) electrons. The number of carbonyl (C=O) groups is 1. The average Bonchev–Trinajstić information content (AvgIpc) is 2.60. The van der Waals surface area contributed by atoms with Crippen molar-refractivity contribution in [1.29, 1.82) is 0 Å². The van der Waals surface area contributed by atoms with Crippen LogP contribution in [-0.4, -0.2) is 35.7 Å². The van der Waals surface area contributed by atoms with E-state index in [4.69, 9.17) is 5.73 Å². The summed E-state index contributed by atoms with van der Waals surface area (Å²) in [7, 11) is -1.60. The summed E-state index contributed by atoms with van der Waals surface area (Å²) >= 11 is 0. The van der Waals surface area contributed by atoms with E-state index in [1.165, 1.54) is 12.1 Å². The number of nitrogens with two attached hydrogens (primary N) is 1. The SMILES string of the molecule is Cl.N[C@@H](Cc1ccccc1)C(=O)NC[C@@H](Cc1ccc(F)cc1)B(O)O. The van der Waals surface area contributed by atoms with Crippen LogP contribution in [0, 0.1) is 5.82 Å². The van der Waals surface area contributed by atoms with Crippen molar-refractivity contribution in [2.24, 2.45) is 5.73 Å². The highest BCUT2D eigenvalue weighted by molar-refractivity contribution is 6.43. The Bertz CT molecular complexity index is 674. The molecule has 0 bridgehead atoms. The van der Waals surface area contributed by atoms with Crippen molar-refractivity contribution in [2.45, 2.75) is 24.7 Å². The van der Waals surface area contributed by atoms with Gasteiger partial charge in [-0.15, -0.1) is 12.4 Å².